The molecule has 0 spiro atoms. The first-order valence-corrected chi connectivity index (χ1v) is 9.27. The van der Waals surface area contributed by atoms with E-state index >= 15 is 0 Å². The predicted octanol–water partition coefficient (Wildman–Crippen LogP) is 4.82. The molecule has 3 aromatic rings. The predicted molar refractivity (Wildman–Crippen MR) is 105 cm³/mol. The van der Waals surface area contributed by atoms with E-state index in [9.17, 15) is 4.79 Å². The van der Waals surface area contributed by atoms with Gasteiger partial charge in [0.15, 0.2) is 0 Å². The summed E-state index contributed by atoms with van der Waals surface area (Å²) in [7, 11) is 0. The van der Waals surface area contributed by atoms with E-state index in [0.717, 1.165) is 29.3 Å². The highest BCUT2D eigenvalue weighted by molar-refractivity contribution is 9.10. The Morgan fingerprint density at radius 1 is 1.15 bits per heavy atom. The topological polar surface area (TPSA) is 78.8 Å². The Labute approximate surface area is 159 Å². The summed E-state index contributed by atoms with van der Waals surface area (Å²) in [6.07, 6.45) is 3.28. The summed E-state index contributed by atoms with van der Waals surface area (Å²) in [5, 5.41) is 9.13. The minimum atomic E-state index is -0.173. The minimum Gasteiger partial charge on any atom is -0.493 e. The maximum absolute atomic E-state index is 12.4. The molecule has 0 saturated heterocycles. The molecule has 0 fully saturated rings. The van der Waals surface area contributed by atoms with Gasteiger partial charge in [-0.05, 0) is 49.6 Å². The SMILES string of the molecule is N#CCCCCCOc1ccc(Br)cc1-c1nc2ccccc2c(=O)[nH]1. The van der Waals surface area contributed by atoms with Gasteiger partial charge in [-0.25, -0.2) is 4.98 Å². The van der Waals surface area contributed by atoms with Crippen molar-refractivity contribution in [2.24, 2.45) is 0 Å². The van der Waals surface area contributed by atoms with Crippen LogP contribution < -0.4 is 10.3 Å². The monoisotopic (exact) mass is 411 g/mol. The van der Waals surface area contributed by atoms with Gasteiger partial charge >= 0.3 is 0 Å². The highest BCUT2D eigenvalue weighted by Gasteiger charge is 2.12. The molecule has 1 aromatic heterocycles. The van der Waals surface area contributed by atoms with Gasteiger partial charge < -0.3 is 9.72 Å². The van der Waals surface area contributed by atoms with Crippen molar-refractivity contribution in [3.05, 3.63) is 57.3 Å². The third kappa shape index (κ3) is 4.30. The molecule has 0 saturated carbocycles. The largest absolute Gasteiger partial charge is 0.493 e. The Morgan fingerprint density at radius 2 is 2.00 bits per heavy atom. The van der Waals surface area contributed by atoms with Crippen LogP contribution in [0.4, 0.5) is 0 Å². The van der Waals surface area contributed by atoms with Crippen molar-refractivity contribution in [1.82, 2.24) is 9.97 Å². The molecule has 0 bridgehead atoms. The quantitative estimate of drug-likeness (QED) is 0.565. The Hall–Kier alpha value is -2.65. The number of nitrogens with one attached hydrogen (secondary N) is 1. The molecule has 0 amide bonds. The van der Waals surface area contributed by atoms with E-state index in [1.165, 1.54) is 0 Å². The van der Waals surface area contributed by atoms with Crippen LogP contribution in [0, 0.1) is 11.3 Å². The summed E-state index contributed by atoms with van der Waals surface area (Å²) in [5.41, 5.74) is 1.21. The van der Waals surface area contributed by atoms with Crippen molar-refractivity contribution in [3.8, 4) is 23.2 Å². The van der Waals surface area contributed by atoms with E-state index in [1.54, 1.807) is 6.07 Å². The van der Waals surface area contributed by atoms with Crippen LogP contribution in [0.5, 0.6) is 5.75 Å². The second kappa shape index (κ2) is 8.63. The summed E-state index contributed by atoms with van der Waals surface area (Å²) in [6.45, 7) is 0.553. The Morgan fingerprint density at radius 3 is 2.85 bits per heavy atom. The number of hydrogen-bond donors (Lipinski definition) is 1. The number of ether oxygens (including phenoxy) is 1. The Bertz CT molecular complexity index is 1010. The average Bonchev–Trinajstić information content (AvgIpc) is 2.65. The molecular weight excluding hydrogens is 394 g/mol. The number of aromatic amines is 1. The minimum absolute atomic E-state index is 0.173. The number of rotatable bonds is 7. The number of para-hydroxylation sites is 1. The number of halogens is 1. The van der Waals surface area contributed by atoms with Gasteiger partial charge in [-0.1, -0.05) is 28.1 Å². The second-order valence-corrected chi connectivity index (χ2v) is 6.81. The lowest BCUT2D eigenvalue weighted by atomic mass is 10.1. The fourth-order valence-electron chi connectivity index (χ4n) is 2.69. The van der Waals surface area contributed by atoms with Gasteiger partial charge in [-0.2, -0.15) is 5.26 Å². The summed E-state index contributed by atoms with van der Waals surface area (Å²) >= 11 is 3.47. The lowest BCUT2D eigenvalue weighted by Crippen LogP contribution is -2.10. The summed E-state index contributed by atoms with van der Waals surface area (Å²) in [6, 6.07) is 15.0. The maximum Gasteiger partial charge on any atom is 0.259 e. The molecule has 132 valence electrons. The van der Waals surface area contributed by atoms with Crippen LogP contribution in [0.25, 0.3) is 22.3 Å². The summed E-state index contributed by atoms with van der Waals surface area (Å²) in [4.78, 5) is 19.8. The third-order valence-corrected chi connectivity index (χ3v) is 4.49. The molecule has 6 heteroatoms. The number of H-pyrrole nitrogens is 1. The third-order valence-electron chi connectivity index (χ3n) is 4.00. The van der Waals surface area contributed by atoms with Crippen LogP contribution in [0.1, 0.15) is 25.7 Å². The molecule has 1 heterocycles. The fraction of sp³-hybridized carbons (Fsp3) is 0.250. The highest BCUT2D eigenvalue weighted by atomic mass is 79.9. The van der Waals surface area contributed by atoms with Gasteiger partial charge in [0.25, 0.3) is 5.56 Å². The van der Waals surface area contributed by atoms with E-state index in [4.69, 9.17) is 10.00 Å². The number of nitriles is 1. The van der Waals surface area contributed by atoms with Crippen LogP contribution in [-0.2, 0) is 0 Å². The van der Waals surface area contributed by atoms with E-state index in [0.29, 0.717) is 35.5 Å². The normalized spacial score (nSPS) is 10.6. The first-order chi connectivity index (χ1) is 12.7. The zero-order valence-electron chi connectivity index (χ0n) is 14.2. The van der Waals surface area contributed by atoms with Crippen molar-refractivity contribution < 1.29 is 4.74 Å². The summed E-state index contributed by atoms with van der Waals surface area (Å²) in [5.74, 6) is 1.15. The smallest absolute Gasteiger partial charge is 0.259 e. The number of fused-ring (bicyclic) bond motifs is 1. The van der Waals surface area contributed by atoms with Crippen molar-refractivity contribution >= 4 is 26.8 Å². The van der Waals surface area contributed by atoms with Crippen molar-refractivity contribution in [2.45, 2.75) is 25.7 Å². The van der Waals surface area contributed by atoms with Gasteiger partial charge in [0.05, 0.1) is 29.1 Å². The standard InChI is InChI=1S/C20H18BrN3O2/c21-14-9-10-18(26-12-6-2-1-5-11-22)16(13-14)19-23-17-8-4-3-7-15(17)20(25)24-19/h3-4,7-10,13H,1-2,5-6,12H2,(H,23,24,25). The average molecular weight is 412 g/mol. The van der Waals surface area contributed by atoms with E-state index in [2.05, 4.69) is 32.0 Å². The van der Waals surface area contributed by atoms with Crippen LogP contribution >= 0.6 is 15.9 Å². The Kier molecular flexibility index (Phi) is 6.03. The van der Waals surface area contributed by atoms with Crippen LogP contribution in [0.2, 0.25) is 0 Å². The molecule has 0 unspecified atom stereocenters. The lowest BCUT2D eigenvalue weighted by molar-refractivity contribution is 0.306. The second-order valence-electron chi connectivity index (χ2n) is 5.89. The first-order valence-electron chi connectivity index (χ1n) is 8.48. The van der Waals surface area contributed by atoms with Crippen molar-refractivity contribution in [3.63, 3.8) is 0 Å². The van der Waals surface area contributed by atoms with Crippen LogP contribution in [0.15, 0.2) is 51.7 Å². The van der Waals surface area contributed by atoms with E-state index in [-0.39, 0.29) is 5.56 Å². The van der Waals surface area contributed by atoms with E-state index in [1.807, 2.05) is 36.4 Å². The lowest BCUT2D eigenvalue weighted by Gasteiger charge is -2.12. The maximum atomic E-state index is 12.4. The first kappa shape index (κ1) is 18.2. The zero-order valence-corrected chi connectivity index (χ0v) is 15.8. The van der Waals surface area contributed by atoms with Crippen molar-refractivity contribution in [2.75, 3.05) is 6.61 Å². The molecule has 3 rings (SSSR count). The van der Waals surface area contributed by atoms with Gasteiger partial charge in [0.1, 0.15) is 11.6 Å². The zero-order chi connectivity index (χ0) is 18.4. The van der Waals surface area contributed by atoms with Crippen molar-refractivity contribution in [1.29, 1.82) is 5.26 Å². The van der Waals surface area contributed by atoms with Gasteiger partial charge in [-0.3, -0.25) is 4.79 Å². The summed E-state index contributed by atoms with van der Waals surface area (Å²) < 4.78 is 6.79. The highest BCUT2D eigenvalue weighted by Crippen LogP contribution is 2.31. The number of benzene rings is 2. The molecule has 5 nitrogen and oxygen atoms in total. The number of aromatic nitrogens is 2. The molecule has 0 radical (unpaired) electrons. The van der Waals surface area contributed by atoms with Gasteiger partial charge in [-0.15, -0.1) is 0 Å². The van der Waals surface area contributed by atoms with Crippen LogP contribution in [0.3, 0.4) is 0 Å². The number of unbranched alkanes of at least 4 members (excludes halogenated alkanes) is 3. The number of nitrogens with zero attached hydrogens (tertiary/aromatic N) is 2. The molecular formula is C20H18BrN3O2. The molecule has 0 aliphatic carbocycles. The molecule has 0 aliphatic rings. The molecule has 1 N–H and O–H groups in total. The van der Waals surface area contributed by atoms with E-state index < -0.39 is 0 Å². The Balaban J connectivity index is 1.86. The molecule has 0 atom stereocenters. The van der Waals surface area contributed by atoms with Gasteiger partial charge in [0.2, 0.25) is 0 Å². The molecule has 26 heavy (non-hydrogen) atoms. The van der Waals surface area contributed by atoms with Crippen LogP contribution in [-0.4, -0.2) is 16.6 Å². The molecule has 0 aliphatic heterocycles. The number of hydrogen-bond acceptors (Lipinski definition) is 4. The molecule has 2 aromatic carbocycles. The fourth-order valence-corrected chi connectivity index (χ4v) is 3.05. The van der Waals surface area contributed by atoms with Gasteiger partial charge in [0, 0.05) is 10.9 Å².